The molecular formula is C12H23BO2. The molecule has 0 aliphatic carbocycles. The van der Waals surface area contributed by atoms with E-state index in [1.54, 1.807) is 0 Å². The average Bonchev–Trinajstić information content (AvgIpc) is 2.32. The van der Waals surface area contributed by atoms with Crippen molar-refractivity contribution in [2.75, 3.05) is 0 Å². The summed E-state index contributed by atoms with van der Waals surface area (Å²) in [5.74, 6) is 0. The molecule has 1 aliphatic heterocycles. The SMILES string of the molecule is C/C=C(/CCC)B1OC(C)(C)C(C)(C)O1. The molecule has 15 heavy (non-hydrogen) atoms. The van der Waals surface area contributed by atoms with E-state index >= 15 is 0 Å². The van der Waals surface area contributed by atoms with Gasteiger partial charge in [-0.15, -0.1) is 0 Å². The Hall–Kier alpha value is -0.275. The molecule has 1 heterocycles. The summed E-state index contributed by atoms with van der Waals surface area (Å²) < 4.78 is 12.0. The van der Waals surface area contributed by atoms with Gasteiger partial charge in [0.05, 0.1) is 11.2 Å². The fourth-order valence-corrected chi connectivity index (χ4v) is 1.68. The summed E-state index contributed by atoms with van der Waals surface area (Å²) >= 11 is 0. The molecule has 0 atom stereocenters. The van der Waals surface area contributed by atoms with Crippen LogP contribution in [0.3, 0.4) is 0 Å². The maximum atomic E-state index is 5.98. The number of allylic oxidation sites excluding steroid dienone is 2. The summed E-state index contributed by atoms with van der Waals surface area (Å²) in [6.45, 7) is 12.6. The number of hydrogen-bond acceptors (Lipinski definition) is 2. The minimum Gasteiger partial charge on any atom is -0.400 e. The third-order valence-electron chi connectivity index (χ3n) is 3.47. The van der Waals surface area contributed by atoms with Crippen molar-refractivity contribution in [3.8, 4) is 0 Å². The second-order valence-corrected chi connectivity index (χ2v) is 5.20. The van der Waals surface area contributed by atoms with E-state index in [0.717, 1.165) is 12.8 Å². The van der Waals surface area contributed by atoms with Crippen LogP contribution in [0, 0.1) is 0 Å². The summed E-state index contributed by atoms with van der Waals surface area (Å²) in [6.07, 6.45) is 4.29. The van der Waals surface area contributed by atoms with Gasteiger partial charge in [0, 0.05) is 0 Å². The molecular weight excluding hydrogens is 187 g/mol. The van der Waals surface area contributed by atoms with Crippen LogP contribution in [0.25, 0.3) is 0 Å². The lowest BCUT2D eigenvalue weighted by molar-refractivity contribution is 0.00578. The van der Waals surface area contributed by atoms with Crippen LogP contribution in [0.1, 0.15) is 54.4 Å². The van der Waals surface area contributed by atoms with Crippen LogP contribution in [0.5, 0.6) is 0 Å². The van der Waals surface area contributed by atoms with Gasteiger partial charge in [-0.05, 0) is 46.5 Å². The quantitative estimate of drug-likeness (QED) is 0.665. The van der Waals surface area contributed by atoms with Crippen LogP contribution in [0.4, 0.5) is 0 Å². The van der Waals surface area contributed by atoms with Crippen LogP contribution < -0.4 is 0 Å². The smallest absolute Gasteiger partial charge is 0.400 e. The third kappa shape index (κ3) is 2.45. The van der Waals surface area contributed by atoms with Gasteiger partial charge < -0.3 is 9.31 Å². The number of rotatable bonds is 3. The largest absolute Gasteiger partial charge is 0.490 e. The molecule has 0 amide bonds. The van der Waals surface area contributed by atoms with Crippen molar-refractivity contribution in [3.05, 3.63) is 11.5 Å². The predicted octanol–water partition coefficient (Wildman–Crippen LogP) is 3.36. The summed E-state index contributed by atoms with van der Waals surface area (Å²) in [5, 5.41) is 0. The van der Waals surface area contributed by atoms with Gasteiger partial charge >= 0.3 is 7.12 Å². The fraction of sp³-hybridized carbons (Fsp3) is 0.833. The minimum absolute atomic E-state index is 0.153. The Morgan fingerprint density at radius 2 is 1.60 bits per heavy atom. The van der Waals surface area contributed by atoms with E-state index < -0.39 is 0 Å². The molecule has 0 N–H and O–H groups in total. The molecule has 0 spiro atoms. The normalized spacial score (nSPS) is 24.7. The highest BCUT2D eigenvalue weighted by Crippen LogP contribution is 2.39. The molecule has 0 bridgehead atoms. The van der Waals surface area contributed by atoms with E-state index in [0.29, 0.717) is 0 Å². The maximum Gasteiger partial charge on any atom is 0.490 e. The first-order chi connectivity index (χ1) is 6.84. The summed E-state index contributed by atoms with van der Waals surface area (Å²) in [7, 11) is -0.153. The zero-order valence-electron chi connectivity index (χ0n) is 10.9. The molecule has 1 fully saturated rings. The third-order valence-corrected chi connectivity index (χ3v) is 3.47. The lowest BCUT2D eigenvalue weighted by atomic mass is 9.75. The zero-order valence-corrected chi connectivity index (χ0v) is 10.9. The Morgan fingerprint density at radius 1 is 1.13 bits per heavy atom. The predicted molar refractivity (Wildman–Crippen MR) is 64.7 cm³/mol. The lowest BCUT2D eigenvalue weighted by Crippen LogP contribution is -2.41. The van der Waals surface area contributed by atoms with Crippen LogP contribution in [0.15, 0.2) is 11.5 Å². The Morgan fingerprint density at radius 3 is 1.93 bits per heavy atom. The molecule has 0 unspecified atom stereocenters. The zero-order chi connectivity index (χ0) is 11.7. The van der Waals surface area contributed by atoms with Gasteiger partial charge in [-0.1, -0.05) is 19.4 Å². The Balaban J connectivity index is 2.78. The van der Waals surface area contributed by atoms with E-state index in [1.165, 1.54) is 5.47 Å². The van der Waals surface area contributed by atoms with Crippen molar-refractivity contribution in [1.82, 2.24) is 0 Å². The first-order valence-corrected chi connectivity index (χ1v) is 5.85. The van der Waals surface area contributed by atoms with Crippen molar-refractivity contribution in [2.45, 2.75) is 65.6 Å². The van der Waals surface area contributed by atoms with Gasteiger partial charge in [-0.3, -0.25) is 0 Å². The second kappa shape index (κ2) is 4.30. The molecule has 1 saturated heterocycles. The van der Waals surface area contributed by atoms with Crippen molar-refractivity contribution >= 4 is 7.12 Å². The minimum atomic E-state index is -0.223. The lowest BCUT2D eigenvalue weighted by Gasteiger charge is -2.32. The van der Waals surface area contributed by atoms with Crippen LogP contribution in [-0.4, -0.2) is 18.3 Å². The average molecular weight is 210 g/mol. The Kier molecular flexibility index (Phi) is 3.67. The summed E-state index contributed by atoms with van der Waals surface area (Å²) in [6, 6.07) is 0. The van der Waals surface area contributed by atoms with E-state index in [4.69, 9.17) is 9.31 Å². The molecule has 1 aliphatic rings. The van der Waals surface area contributed by atoms with Crippen molar-refractivity contribution < 1.29 is 9.31 Å². The Bertz CT molecular complexity index is 240. The number of hydrogen-bond donors (Lipinski definition) is 0. The van der Waals surface area contributed by atoms with Crippen molar-refractivity contribution in [1.29, 1.82) is 0 Å². The van der Waals surface area contributed by atoms with Gasteiger partial charge in [-0.25, -0.2) is 0 Å². The molecule has 2 nitrogen and oxygen atoms in total. The highest BCUT2D eigenvalue weighted by Gasteiger charge is 2.51. The van der Waals surface area contributed by atoms with E-state index in [9.17, 15) is 0 Å². The molecule has 0 aromatic carbocycles. The van der Waals surface area contributed by atoms with Crippen LogP contribution in [-0.2, 0) is 9.31 Å². The van der Waals surface area contributed by atoms with Crippen molar-refractivity contribution in [3.63, 3.8) is 0 Å². The molecule has 3 heteroatoms. The van der Waals surface area contributed by atoms with E-state index in [1.807, 2.05) is 0 Å². The molecule has 1 rings (SSSR count). The van der Waals surface area contributed by atoms with Gasteiger partial charge in [0.25, 0.3) is 0 Å². The first-order valence-electron chi connectivity index (χ1n) is 5.85. The summed E-state index contributed by atoms with van der Waals surface area (Å²) in [5.41, 5.74) is 0.815. The topological polar surface area (TPSA) is 18.5 Å². The van der Waals surface area contributed by atoms with Gasteiger partial charge in [0.2, 0.25) is 0 Å². The Labute approximate surface area is 94.2 Å². The second-order valence-electron chi connectivity index (χ2n) is 5.20. The molecule has 0 aromatic heterocycles. The van der Waals surface area contributed by atoms with Gasteiger partial charge in [-0.2, -0.15) is 0 Å². The van der Waals surface area contributed by atoms with Crippen LogP contribution in [0.2, 0.25) is 0 Å². The van der Waals surface area contributed by atoms with Crippen molar-refractivity contribution in [2.24, 2.45) is 0 Å². The van der Waals surface area contributed by atoms with E-state index in [2.05, 4.69) is 47.6 Å². The molecule has 86 valence electrons. The highest BCUT2D eigenvalue weighted by molar-refractivity contribution is 6.54. The molecule has 0 aromatic rings. The highest BCUT2D eigenvalue weighted by atomic mass is 16.7. The monoisotopic (exact) mass is 210 g/mol. The van der Waals surface area contributed by atoms with Gasteiger partial charge in [0.15, 0.2) is 0 Å². The fourth-order valence-electron chi connectivity index (χ4n) is 1.68. The molecule has 0 radical (unpaired) electrons. The van der Waals surface area contributed by atoms with Crippen LogP contribution >= 0.6 is 0 Å². The first kappa shape index (κ1) is 12.8. The van der Waals surface area contributed by atoms with E-state index in [-0.39, 0.29) is 18.3 Å². The molecule has 0 saturated carbocycles. The summed E-state index contributed by atoms with van der Waals surface area (Å²) in [4.78, 5) is 0. The van der Waals surface area contributed by atoms with Gasteiger partial charge in [0.1, 0.15) is 0 Å². The standard InChI is InChI=1S/C12H23BO2/c1-7-9-10(8-2)13-14-11(3,4)12(5,6)15-13/h8H,7,9H2,1-6H3/b10-8-. The maximum absolute atomic E-state index is 5.98.